The summed E-state index contributed by atoms with van der Waals surface area (Å²) in [5.41, 5.74) is 10.0. The van der Waals surface area contributed by atoms with Crippen molar-refractivity contribution < 1.29 is 9.47 Å². The summed E-state index contributed by atoms with van der Waals surface area (Å²) in [5, 5.41) is 0. The average molecular weight is 437 g/mol. The standard InChI is InChI=1S/C31H32O2/c1-22-5-7-24(3)28(17-22)20-32-30-13-9-26(10-14-30)19-27-11-15-31(16-12-27)33-21-29-18-23(2)6-8-25(29)4/h5-18H,19-21H2,1-4H3. The molecule has 4 aromatic rings. The Morgan fingerprint density at radius 1 is 0.485 bits per heavy atom. The van der Waals surface area contributed by atoms with Crippen molar-refractivity contribution in [3.05, 3.63) is 129 Å². The van der Waals surface area contributed by atoms with Crippen molar-refractivity contribution >= 4 is 0 Å². The van der Waals surface area contributed by atoms with E-state index < -0.39 is 0 Å². The smallest absolute Gasteiger partial charge is 0.119 e. The molecule has 0 amide bonds. The van der Waals surface area contributed by atoms with Crippen LogP contribution in [0.3, 0.4) is 0 Å². The monoisotopic (exact) mass is 436 g/mol. The third kappa shape index (κ3) is 6.26. The first kappa shape index (κ1) is 22.7. The molecule has 0 radical (unpaired) electrons. The number of rotatable bonds is 8. The van der Waals surface area contributed by atoms with Crippen LogP contribution >= 0.6 is 0 Å². The molecule has 4 aromatic carbocycles. The fourth-order valence-electron chi connectivity index (χ4n) is 3.88. The molecule has 2 nitrogen and oxygen atoms in total. The summed E-state index contributed by atoms with van der Waals surface area (Å²) < 4.78 is 12.0. The molecule has 2 heteroatoms. The van der Waals surface area contributed by atoms with Gasteiger partial charge in [0.05, 0.1) is 0 Å². The van der Waals surface area contributed by atoms with Crippen LogP contribution in [-0.2, 0) is 19.6 Å². The van der Waals surface area contributed by atoms with E-state index in [-0.39, 0.29) is 0 Å². The van der Waals surface area contributed by atoms with Gasteiger partial charge >= 0.3 is 0 Å². The Morgan fingerprint density at radius 3 is 1.27 bits per heavy atom. The molecule has 0 spiro atoms. The average Bonchev–Trinajstić information content (AvgIpc) is 2.82. The van der Waals surface area contributed by atoms with E-state index in [4.69, 9.17) is 9.47 Å². The van der Waals surface area contributed by atoms with Gasteiger partial charge in [-0.05, 0) is 91.8 Å². The van der Waals surface area contributed by atoms with Crippen LogP contribution in [0.2, 0.25) is 0 Å². The van der Waals surface area contributed by atoms with Crippen molar-refractivity contribution in [3.8, 4) is 11.5 Å². The van der Waals surface area contributed by atoms with Gasteiger partial charge in [-0.2, -0.15) is 0 Å². The summed E-state index contributed by atoms with van der Waals surface area (Å²) in [6, 6.07) is 29.8. The van der Waals surface area contributed by atoms with Gasteiger partial charge in [-0.3, -0.25) is 0 Å². The van der Waals surface area contributed by atoms with Gasteiger partial charge < -0.3 is 9.47 Å². The highest BCUT2D eigenvalue weighted by atomic mass is 16.5. The first-order valence-electron chi connectivity index (χ1n) is 11.5. The van der Waals surface area contributed by atoms with E-state index in [1.54, 1.807) is 0 Å². The first-order chi connectivity index (χ1) is 16.0. The van der Waals surface area contributed by atoms with E-state index in [0.29, 0.717) is 13.2 Å². The molecule has 0 saturated carbocycles. The molecule has 0 N–H and O–H groups in total. The Balaban J connectivity index is 1.30. The Bertz CT molecular complexity index is 1110. The molecule has 0 fully saturated rings. The van der Waals surface area contributed by atoms with E-state index in [2.05, 4.69) is 113 Å². The molecular formula is C31H32O2. The summed E-state index contributed by atoms with van der Waals surface area (Å²) in [5.74, 6) is 1.80. The summed E-state index contributed by atoms with van der Waals surface area (Å²) in [6.45, 7) is 9.66. The van der Waals surface area contributed by atoms with Crippen LogP contribution in [0.1, 0.15) is 44.5 Å². The number of hydrogen-bond donors (Lipinski definition) is 0. The minimum atomic E-state index is 0.594. The summed E-state index contributed by atoms with van der Waals surface area (Å²) in [6.07, 6.45) is 0.883. The SMILES string of the molecule is Cc1ccc(C)c(COc2ccc(Cc3ccc(OCc4cc(C)ccc4C)cc3)cc2)c1. The molecule has 0 aliphatic heterocycles. The van der Waals surface area contributed by atoms with E-state index in [1.807, 2.05) is 0 Å². The maximum absolute atomic E-state index is 6.01. The summed E-state index contributed by atoms with van der Waals surface area (Å²) >= 11 is 0. The Kier molecular flexibility index (Phi) is 7.14. The van der Waals surface area contributed by atoms with Gasteiger partial charge in [0.2, 0.25) is 0 Å². The summed E-state index contributed by atoms with van der Waals surface area (Å²) in [4.78, 5) is 0. The van der Waals surface area contributed by atoms with Crippen molar-refractivity contribution in [2.45, 2.75) is 47.3 Å². The lowest BCUT2D eigenvalue weighted by atomic mass is 10.0. The molecule has 4 rings (SSSR count). The van der Waals surface area contributed by atoms with Crippen molar-refractivity contribution in [1.82, 2.24) is 0 Å². The zero-order chi connectivity index (χ0) is 23.2. The van der Waals surface area contributed by atoms with Gasteiger partial charge in [0.25, 0.3) is 0 Å². The van der Waals surface area contributed by atoms with Crippen LogP contribution in [-0.4, -0.2) is 0 Å². The van der Waals surface area contributed by atoms with Crippen LogP contribution in [0.5, 0.6) is 11.5 Å². The zero-order valence-corrected chi connectivity index (χ0v) is 20.0. The molecule has 168 valence electrons. The fraction of sp³-hybridized carbons (Fsp3) is 0.226. The predicted octanol–water partition coefficient (Wildman–Crippen LogP) is 7.67. The van der Waals surface area contributed by atoms with Gasteiger partial charge in [-0.1, -0.05) is 71.8 Å². The summed E-state index contributed by atoms with van der Waals surface area (Å²) in [7, 11) is 0. The van der Waals surface area contributed by atoms with E-state index >= 15 is 0 Å². The lowest BCUT2D eigenvalue weighted by Gasteiger charge is -2.11. The molecule has 0 unspecified atom stereocenters. The van der Waals surface area contributed by atoms with Gasteiger partial charge in [0.15, 0.2) is 0 Å². The molecular weight excluding hydrogens is 404 g/mol. The third-order valence-electron chi connectivity index (χ3n) is 6.05. The van der Waals surface area contributed by atoms with Gasteiger partial charge in [0.1, 0.15) is 24.7 Å². The molecule has 33 heavy (non-hydrogen) atoms. The second-order valence-corrected chi connectivity index (χ2v) is 8.90. The maximum Gasteiger partial charge on any atom is 0.119 e. The van der Waals surface area contributed by atoms with E-state index in [1.165, 1.54) is 44.5 Å². The van der Waals surface area contributed by atoms with Crippen LogP contribution in [0.15, 0.2) is 84.9 Å². The van der Waals surface area contributed by atoms with Crippen LogP contribution in [0, 0.1) is 27.7 Å². The second-order valence-electron chi connectivity index (χ2n) is 8.90. The minimum Gasteiger partial charge on any atom is -0.489 e. The van der Waals surface area contributed by atoms with Crippen molar-refractivity contribution in [2.75, 3.05) is 0 Å². The number of ether oxygens (including phenoxy) is 2. The fourth-order valence-corrected chi connectivity index (χ4v) is 3.88. The van der Waals surface area contributed by atoms with Gasteiger partial charge in [-0.15, -0.1) is 0 Å². The quantitative estimate of drug-likeness (QED) is 0.282. The number of hydrogen-bond acceptors (Lipinski definition) is 2. The highest BCUT2D eigenvalue weighted by molar-refractivity contribution is 5.36. The molecule has 0 aliphatic rings. The van der Waals surface area contributed by atoms with E-state index in [9.17, 15) is 0 Å². The highest BCUT2D eigenvalue weighted by Crippen LogP contribution is 2.21. The lowest BCUT2D eigenvalue weighted by molar-refractivity contribution is 0.305. The van der Waals surface area contributed by atoms with Crippen LogP contribution in [0.25, 0.3) is 0 Å². The van der Waals surface area contributed by atoms with Gasteiger partial charge in [0, 0.05) is 0 Å². The lowest BCUT2D eigenvalue weighted by Crippen LogP contribution is -1.99. The van der Waals surface area contributed by atoms with Gasteiger partial charge in [-0.25, -0.2) is 0 Å². The topological polar surface area (TPSA) is 18.5 Å². The highest BCUT2D eigenvalue weighted by Gasteiger charge is 2.04. The maximum atomic E-state index is 6.01. The molecule has 0 aliphatic carbocycles. The molecule has 0 aromatic heterocycles. The Labute approximate surface area is 197 Å². The first-order valence-corrected chi connectivity index (χ1v) is 11.5. The second kappa shape index (κ2) is 10.4. The normalized spacial score (nSPS) is 10.8. The molecule has 0 bridgehead atoms. The van der Waals surface area contributed by atoms with E-state index in [0.717, 1.165) is 17.9 Å². The van der Waals surface area contributed by atoms with Crippen molar-refractivity contribution in [1.29, 1.82) is 0 Å². The Hall–Kier alpha value is -3.52. The minimum absolute atomic E-state index is 0.594. The van der Waals surface area contributed by atoms with Crippen molar-refractivity contribution in [3.63, 3.8) is 0 Å². The van der Waals surface area contributed by atoms with Crippen LogP contribution < -0.4 is 9.47 Å². The third-order valence-corrected chi connectivity index (χ3v) is 6.05. The largest absolute Gasteiger partial charge is 0.489 e. The van der Waals surface area contributed by atoms with Crippen LogP contribution in [0.4, 0.5) is 0 Å². The molecule has 0 heterocycles. The number of aryl methyl sites for hydroxylation is 4. The number of benzene rings is 4. The van der Waals surface area contributed by atoms with Crippen molar-refractivity contribution in [2.24, 2.45) is 0 Å². The Morgan fingerprint density at radius 2 is 0.879 bits per heavy atom. The predicted molar refractivity (Wildman–Crippen MR) is 136 cm³/mol. The molecule has 0 atom stereocenters. The molecule has 0 saturated heterocycles. The zero-order valence-electron chi connectivity index (χ0n) is 20.0.